The van der Waals surface area contributed by atoms with Gasteiger partial charge in [-0.05, 0) is 56.2 Å². The highest BCUT2D eigenvalue weighted by Crippen LogP contribution is 2.44. The van der Waals surface area contributed by atoms with Crippen LogP contribution in [0.1, 0.15) is 50.5 Å². The molecule has 0 bridgehead atoms. The summed E-state index contributed by atoms with van der Waals surface area (Å²) in [5.41, 5.74) is 1.74. The van der Waals surface area contributed by atoms with Crippen LogP contribution < -0.4 is 5.32 Å². The van der Waals surface area contributed by atoms with E-state index in [9.17, 15) is 4.79 Å². The van der Waals surface area contributed by atoms with Gasteiger partial charge in [-0.1, -0.05) is 30.2 Å². The highest BCUT2D eigenvalue weighted by atomic mass is 35.5. The lowest BCUT2D eigenvalue weighted by molar-refractivity contribution is -0.131. The second-order valence-corrected chi connectivity index (χ2v) is 8.64. The molecule has 2 saturated heterocycles. The van der Waals surface area contributed by atoms with Gasteiger partial charge in [0, 0.05) is 42.7 Å². The zero-order chi connectivity index (χ0) is 18.0. The van der Waals surface area contributed by atoms with Gasteiger partial charge >= 0.3 is 0 Å². The number of likely N-dealkylation sites (tertiary alicyclic amines) is 1. The molecule has 142 valence electrons. The number of ether oxygens (including phenoxy) is 1. The number of hydrogen-bond acceptors (Lipinski definition) is 3. The van der Waals surface area contributed by atoms with Crippen molar-refractivity contribution in [3.63, 3.8) is 0 Å². The molecule has 5 heteroatoms. The second kappa shape index (κ2) is 7.87. The van der Waals surface area contributed by atoms with Crippen LogP contribution in [0.5, 0.6) is 0 Å². The van der Waals surface area contributed by atoms with Crippen LogP contribution in [0.2, 0.25) is 5.02 Å². The van der Waals surface area contributed by atoms with Crippen LogP contribution in [0, 0.1) is 0 Å². The van der Waals surface area contributed by atoms with Gasteiger partial charge in [0.25, 0.3) is 0 Å². The van der Waals surface area contributed by atoms with Crippen molar-refractivity contribution in [2.45, 2.75) is 62.5 Å². The number of halogens is 1. The van der Waals surface area contributed by atoms with E-state index < -0.39 is 0 Å². The molecule has 0 radical (unpaired) electrons. The first-order valence-corrected chi connectivity index (χ1v) is 10.4. The Hall–Kier alpha value is -1.10. The number of carbonyl (C=O) groups is 1. The number of carbonyl (C=O) groups excluding carboxylic acids is 1. The second-order valence-electron chi connectivity index (χ2n) is 8.20. The summed E-state index contributed by atoms with van der Waals surface area (Å²) in [5, 5.41) is 4.02. The molecule has 1 aliphatic carbocycles. The van der Waals surface area contributed by atoms with Crippen LogP contribution in [0.4, 0.5) is 0 Å². The first-order chi connectivity index (χ1) is 12.6. The van der Waals surface area contributed by atoms with Crippen molar-refractivity contribution in [3.05, 3.63) is 34.9 Å². The number of benzene rings is 1. The summed E-state index contributed by atoms with van der Waals surface area (Å²) in [6, 6.07) is 8.75. The Kier molecular flexibility index (Phi) is 5.53. The summed E-state index contributed by atoms with van der Waals surface area (Å²) in [6.45, 7) is 3.97. The highest BCUT2D eigenvalue weighted by molar-refractivity contribution is 6.30. The molecule has 4 rings (SSSR count). The molecular formula is C21H29ClN2O2. The Balaban J connectivity index is 1.29. The Morgan fingerprint density at radius 3 is 2.46 bits per heavy atom. The van der Waals surface area contributed by atoms with Gasteiger partial charge < -0.3 is 15.0 Å². The average Bonchev–Trinajstić information content (AvgIpc) is 3.15. The molecular weight excluding hydrogens is 348 g/mol. The first kappa shape index (κ1) is 18.3. The number of amides is 1. The van der Waals surface area contributed by atoms with Crippen LogP contribution in [0.3, 0.4) is 0 Å². The molecule has 1 saturated carbocycles. The predicted octanol–water partition coefficient (Wildman–Crippen LogP) is 3.52. The van der Waals surface area contributed by atoms with Crippen LogP contribution >= 0.6 is 11.6 Å². The summed E-state index contributed by atoms with van der Waals surface area (Å²) in [5.74, 6) is 0.0950. The standard InChI is InChI=1S/C21H29ClN2O2/c22-17-6-4-16(5-7-17)21(10-2-11-21)15-24-12-8-18(9-13-24)23-20(25)19-3-1-14-26-19/h4-7,18-19H,1-3,8-15H2,(H,23,25)/t19-/m0/s1. The smallest absolute Gasteiger partial charge is 0.249 e. The van der Waals surface area contributed by atoms with E-state index in [1.54, 1.807) is 0 Å². The van der Waals surface area contributed by atoms with Crippen LogP contribution in [0.25, 0.3) is 0 Å². The molecule has 0 aromatic heterocycles. The van der Waals surface area contributed by atoms with E-state index in [0.29, 0.717) is 11.5 Å². The minimum absolute atomic E-state index is 0.0950. The third kappa shape index (κ3) is 3.92. The maximum atomic E-state index is 12.2. The lowest BCUT2D eigenvalue weighted by atomic mass is 9.64. The molecule has 3 aliphatic rings. The van der Waals surface area contributed by atoms with E-state index in [4.69, 9.17) is 16.3 Å². The number of rotatable bonds is 5. The number of nitrogens with zero attached hydrogens (tertiary/aromatic N) is 1. The molecule has 1 aromatic rings. The zero-order valence-electron chi connectivity index (χ0n) is 15.4. The van der Waals surface area contributed by atoms with Crippen molar-refractivity contribution < 1.29 is 9.53 Å². The minimum Gasteiger partial charge on any atom is -0.368 e. The van der Waals surface area contributed by atoms with E-state index in [1.165, 1.54) is 24.8 Å². The van der Waals surface area contributed by atoms with Gasteiger partial charge in [0.2, 0.25) is 5.91 Å². The number of nitrogens with one attached hydrogen (secondary N) is 1. The monoisotopic (exact) mass is 376 g/mol. The fraction of sp³-hybridized carbons (Fsp3) is 0.667. The summed E-state index contributed by atoms with van der Waals surface area (Å²) < 4.78 is 5.49. The molecule has 0 unspecified atom stereocenters. The normalized spacial score (nSPS) is 26.4. The summed E-state index contributed by atoms with van der Waals surface area (Å²) in [6.07, 6.45) is 7.59. The minimum atomic E-state index is -0.212. The molecule has 4 nitrogen and oxygen atoms in total. The molecule has 1 N–H and O–H groups in total. The average molecular weight is 377 g/mol. The first-order valence-electron chi connectivity index (χ1n) is 10.1. The summed E-state index contributed by atoms with van der Waals surface area (Å²) >= 11 is 6.07. The van der Waals surface area contributed by atoms with Crippen molar-refractivity contribution in [2.24, 2.45) is 0 Å². The van der Waals surface area contributed by atoms with Crippen molar-refractivity contribution in [1.29, 1.82) is 0 Å². The van der Waals surface area contributed by atoms with E-state index in [1.807, 2.05) is 12.1 Å². The Bertz CT molecular complexity index is 615. The molecule has 2 heterocycles. The van der Waals surface area contributed by atoms with Gasteiger partial charge in [0.1, 0.15) is 6.10 Å². The largest absolute Gasteiger partial charge is 0.368 e. The fourth-order valence-electron chi connectivity index (χ4n) is 4.69. The molecule has 2 aliphatic heterocycles. The molecule has 1 amide bonds. The zero-order valence-corrected chi connectivity index (χ0v) is 16.1. The summed E-state index contributed by atoms with van der Waals surface area (Å²) in [7, 11) is 0. The van der Waals surface area contributed by atoms with Gasteiger partial charge in [-0.2, -0.15) is 0 Å². The van der Waals surface area contributed by atoms with Crippen LogP contribution in [0.15, 0.2) is 24.3 Å². The van der Waals surface area contributed by atoms with Gasteiger partial charge in [0.05, 0.1) is 0 Å². The molecule has 1 aromatic carbocycles. The third-order valence-electron chi connectivity index (χ3n) is 6.45. The topological polar surface area (TPSA) is 41.6 Å². The van der Waals surface area contributed by atoms with E-state index in [-0.39, 0.29) is 12.0 Å². The van der Waals surface area contributed by atoms with E-state index >= 15 is 0 Å². The van der Waals surface area contributed by atoms with Crippen molar-refractivity contribution in [1.82, 2.24) is 10.2 Å². The number of hydrogen-bond donors (Lipinski definition) is 1. The lowest BCUT2D eigenvalue weighted by Gasteiger charge is -2.47. The van der Waals surface area contributed by atoms with E-state index in [2.05, 4.69) is 22.3 Å². The molecule has 0 spiro atoms. The number of piperidine rings is 1. The maximum Gasteiger partial charge on any atom is 0.249 e. The Morgan fingerprint density at radius 2 is 1.88 bits per heavy atom. The Labute approximate surface area is 161 Å². The van der Waals surface area contributed by atoms with Crippen molar-refractivity contribution in [2.75, 3.05) is 26.2 Å². The van der Waals surface area contributed by atoms with Crippen molar-refractivity contribution in [3.8, 4) is 0 Å². The summed E-state index contributed by atoms with van der Waals surface area (Å²) in [4.78, 5) is 14.8. The maximum absolute atomic E-state index is 12.2. The van der Waals surface area contributed by atoms with Gasteiger partial charge in [-0.25, -0.2) is 0 Å². The SMILES string of the molecule is O=C(NC1CCN(CC2(c3ccc(Cl)cc3)CCC2)CC1)[C@@H]1CCCO1. The van der Waals surface area contributed by atoms with Gasteiger partial charge in [-0.3, -0.25) is 4.79 Å². The molecule has 1 atom stereocenters. The third-order valence-corrected chi connectivity index (χ3v) is 6.70. The van der Waals surface area contributed by atoms with E-state index in [0.717, 1.165) is 56.9 Å². The van der Waals surface area contributed by atoms with Gasteiger partial charge in [-0.15, -0.1) is 0 Å². The predicted molar refractivity (Wildman–Crippen MR) is 104 cm³/mol. The fourth-order valence-corrected chi connectivity index (χ4v) is 4.81. The Morgan fingerprint density at radius 1 is 1.15 bits per heavy atom. The lowest BCUT2D eigenvalue weighted by Crippen LogP contribution is -2.51. The van der Waals surface area contributed by atoms with Crippen LogP contribution in [-0.4, -0.2) is 49.2 Å². The van der Waals surface area contributed by atoms with Crippen LogP contribution in [-0.2, 0) is 14.9 Å². The molecule has 3 fully saturated rings. The van der Waals surface area contributed by atoms with Gasteiger partial charge in [0.15, 0.2) is 0 Å². The molecule has 26 heavy (non-hydrogen) atoms. The quantitative estimate of drug-likeness (QED) is 0.854. The van der Waals surface area contributed by atoms with Crippen molar-refractivity contribution >= 4 is 17.5 Å². The highest BCUT2D eigenvalue weighted by Gasteiger charge is 2.40.